The molecule has 2 aromatic rings. The number of benzene rings is 1. The molecule has 6 nitrogen and oxygen atoms in total. The molecule has 1 aliphatic rings. The van der Waals surface area contributed by atoms with Crippen LogP contribution in [0.5, 0.6) is 0 Å². The summed E-state index contributed by atoms with van der Waals surface area (Å²) < 4.78 is 11.0. The molecule has 3 rings (SSSR count). The highest BCUT2D eigenvalue weighted by Crippen LogP contribution is 2.25. The summed E-state index contributed by atoms with van der Waals surface area (Å²) in [4.78, 5) is 16.1. The van der Waals surface area contributed by atoms with Crippen molar-refractivity contribution in [2.45, 2.75) is 45.1 Å². The zero-order valence-electron chi connectivity index (χ0n) is 16.6. The number of nitrogens with zero attached hydrogens (tertiary/aromatic N) is 1. The summed E-state index contributed by atoms with van der Waals surface area (Å²) in [5.74, 6) is 1.76. The van der Waals surface area contributed by atoms with Crippen LogP contribution in [-0.2, 0) is 16.0 Å². The minimum absolute atomic E-state index is 0. The quantitative estimate of drug-likeness (QED) is 0.273. The number of rotatable bonds is 6. The number of hydrogen-bond donors (Lipinski definition) is 2. The van der Waals surface area contributed by atoms with E-state index >= 15 is 0 Å². The second kappa shape index (κ2) is 11.3. The number of hydrogen-bond acceptors (Lipinski definition) is 4. The molecule has 0 radical (unpaired) electrons. The van der Waals surface area contributed by atoms with Gasteiger partial charge in [-0.05, 0) is 44.7 Å². The van der Waals surface area contributed by atoms with Gasteiger partial charge in [0.15, 0.2) is 5.96 Å². The Hall–Kier alpha value is -1.77. The van der Waals surface area contributed by atoms with E-state index < -0.39 is 0 Å². The Balaban J connectivity index is 0.00000280. The largest absolute Gasteiger partial charge is 0.466 e. The molecule has 0 amide bonds. The molecular weight excluding hydrogens is 469 g/mol. The summed E-state index contributed by atoms with van der Waals surface area (Å²) in [6.07, 6.45) is 4.44. The van der Waals surface area contributed by atoms with Gasteiger partial charge >= 0.3 is 5.97 Å². The standard InChI is InChI=1S/C21H29N3O3.HI/c1-3-26-20(25)15-8-10-17(11-9-15)24-21(22-2)23-13-12-18-14-16-6-4-5-7-19(16)27-18;/h4-7,14-15,17H,3,8-13H2,1-2H3,(H2,22,23,24);1H. The highest BCUT2D eigenvalue weighted by molar-refractivity contribution is 14.0. The summed E-state index contributed by atoms with van der Waals surface area (Å²) in [7, 11) is 1.78. The minimum Gasteiger partial charge on any atom is -0.466 e. The van der Waals surface area contributed by atoms with Crippen LogP contribution in [0.2, 0.25) is 0 Å². The van der Waals surface area contributed by atoms with Crippen LogP contribution in [0.1, 0.15) is 38.4 Å². The van der Waals surface area contributed by atoms with E-state index in [-0.39, 0.29) is 35.9 Å². The minimum atomic E-state index is -0.0516. The fourth-order valence-electron chi connectivity index (χ4n) is 3.59. The van der Waals surface area contributed by atoms with Crippen molar-refractivity contribution in [3.8, 4) is 0 Å². The van der Waals surface area contributed by atoms with E-state index in [0.717, 1.165) is 61.3 Å². The fraction of sp³-hybridized carbons (Fsp3) is 0.524. The van der Waals surface area contributed by atoms with Gasteiger partial charge < -0.3 is 19.8 Å². The highest BCUT2D eigenvalue weighted by atomic mass is 127. The van der Waals surface area contributed by atoms with Crippen molar-refractivity contribution in [1.82, 2.24) is 10.6 Å². The van der Waals surface area contributed by atoms with Crippen molar-refractivity contribution in [2.75, 3.05) is 20.2 Å². The van der Waals surface area contributed by atoms with Crippen molar-refractivity contribution in [3.63, 3.8) is 0 Å². The Morgan fingerprint density at radius 2 is 2.00 bits per heavy atom. The number of para-hydroxylation sites is 1. The van der Waals surface area contributed by atoms with E-state index in [2.05, 4.69) is 27.8 Å². The maximum absolute atomic E-state index is 11.8. The lowest BCUT2D eigenvalue weighted by atomic mass is 9.86. The summed E-state index contributed by atoms with van der Waals surface area (Å²) in [6.45, 7) is 3.06. The van der Waals surface area contributed by atoms with Gasteiger partial charge in [0.25, 0.3) is 0 Å². The van der Waals surface area contributed by atoms with Crippen LogP contribution in [0.4, 0.5) is 0 Å². The number of guanidine groups is 1. The average molecular weight is 499 g/mol. The van der Waals surface area contributed by atoms with Crippen molar-refractivity contribution < 1.29 is 13.9 Å². The van der Waals surface area contributed by atoms with Gasteiger partial charge in [-0.1, -0.05) is 18.2 Å². The van der Waals surface area contributed by atoms with Crippen LogP contribution >= 0.6 is 24.0 Å². The van der Waals surface area contributed by atoms with Crippen LogP contribution in [-0.4, -0.2) is 38.2 Å². The third-order valence-corrected chi connectivity index (χ3v) is 5.05. The molecular formula is C21H30IN3O3. The predicted octanol–water partition coefficient (Wildman–Crippen LogP) is 3.88. The van der Waals surface area contributed by atoms with Gasteiger partial charge in [0.05, 0.1) is 12.5 Å². The lowest BCUT2D eigenvalue weighted by Gasteiger charge is -2.29. The molecule has 1 aromatic carbocycles. The number of fused-ring (bicyclic) bond motifs is 1. The normalized spacial score (nSPS) is 19.7. The summed E-state index contributed by atoms with van der Waals surface area (Å²) in [6, 6.07) is 10.5. The maximum Gasteiger partial charge on any atom is 0.308 e. The number of ether oxygens (including phenoxy) is 1. The fourth-order valence-corrected chi connectivity index (χ4v) is 3.59. The smallest absolute Gasteiger partial charge is 0.308 e. The van der Waals surface area contributed by atoms with Crippen LogP contribution < -0.4 is 10.6 Å². The Bertz CT molecular complexity index is 749. The lowest BCUT2D eigenvalue weighted by Crippen LogP contribution is -2.45. The number of furan rings is 1. The molecule has 0 unspecified atom stereocenters. The number of halogens is 1. The van der Waals surface area contributed by atoms with Gasteiger partial charge in [0.1, 0.15) is 11.3 Å². The summed E-state index contributed by atoms with van der Waals surface area (Å²) in [5, 5.41) is 7.95. The van der Waals surface area contributed by atoms with Gasteiger partial charge in [-0.2, -0.15) is 0 Å². The van der Waals surface area contributed by atoms with Crippen molar-refractivity contribution in [1.29, 1.82) is 0 Å². The Morgan fingerprint density at radius 1 is 1.25 bits per heavy atom. The molecule has 28 heavy (non-hydrogen) atoms. The predicted molar refractivity (Wildman–Crippen MR) is 122 cm³/mol. The van der Waals surface area contributed by atoms with Gasteiger partial charge in [-0.3, -0.25) is 9.79 Å². The van der Waals surface area contributed by atoms with E-state index in [4.69, 9.17) is 9.15 Å². The monoisotopic (exact) mass is 499 g/mol. The molecule has 0 spiro atoms. The first-order chi connectivity index (χ1) is 13.2. The van der Waals surface area contributed by atoms with Crippen LogP contribution in [0.3, 0.4) is 0 Å². The molecule has 0 saturated heterocycles. The molecule has 1 saturated carbocycles. The molecule has 0 bridgehead atoms. The third-order valence-electron chi connectivity index (χ3n) is 5.05. The SMILES string of the molecule is CCOC(=O)C1CCC(NC(=NC)NCCc2cc3ccccc3o2)CC1.I. The van der Waals surface area contributed by atoms with Crippen molar-refractivity contribution in [3.05, 3.63) is 36.1 Å². The zero-order valence-corrected chi connectivity index (χ0v) is 18.9. The van der Waals surface area contributed by atoms with E-state index in [9.17, 15) is 4.79 Å². The topological polar surface area (TPSA) is 75.9 Å². The van der Waals surface area contributed by atoms with Crippen molar-refractivity contribution >= 4 is 46.9 Å². The molecule has 1 heterocycles. The molecule has 1 aromatic heterocycles. The lowest BCUT2D eigenvalue weighted by molar-refractivity contribution is -0.149. The number of carbonyl (C=O) groups is 1. The number of nitrogens with one attached hydrogen (secondary N) is 2. The first-order valence-electron chi connectivity index (χ1n) is 9.81. The van der Waals surface area contributed by atoms with E-state index in [0.29, 0.717) is 12.6 Å². The maximum atomic E-state index is 11.8. The van der Waals surface area contributed by atoms with Crippen LogP contribution in [0.25, 0.3) is 11.0 Å². The molecule has 1 aliphatic carbocycles. The van der Waals surface area contributed by atoms with Gasteiger partial charge in [0.2, 0.25) is 0 Å². The molecule has 0 atom stereocenters. The Morgan fingerprint density at radius 3 is 2.68 bits per heavy atom. The molecule has 7 heteroatoms. The Kier molecular flexibility index (Phi) is 9.08. The first kappa shape index (κ1) is 22.5. The first-order valence-corrected chi connectivity index (χ1v) is 9.81. The number of carbonyl (C=O) groups excluding carboxylic acids is 1. The Labute approximate surface area is 183 Å². The van der Waals surface area contributed by atoms with Crippen LogP contribution in [0.15, 0.2) is 39.7 Å². The number of esters is 1. The zero-order chi connectivity index (χ0) is 19.1. The molecule has 0 aliphatic heterocycles. The van der Waals surface area contributed by atoms with Gasteiger partial charge in [0, 0.05) is 31.4 Å². The second-order valence-electron chi connectivity index (χ2n) is 6.94. The van der Waals surface area contributed by atoms with E-state index in [1.54, 1.807) is 7.05 Å². The third kappa shape index (κ3) is 6.12. The average Bonchev–Trinajstić information content (AvgIpc) is 3.10. The second-order valence-corrected chi connectivity index (χ2v) is 6.94. The molecule has 2 N–H and O–H groups in total. The summed E-state index contributed by atoms with van der Waals surface area (Å²) >= 11 is 0. The molecule has 154 valence electrons. The van der Waals surface area contributed by atoms with Crippen molar-refractivity contribution in [2.24, 2.45) is 10.9 Å². The van der Waals surface area contributed by atoms with E-state index in [1.165, 1.54) is 0 Å². The van der Waals surface area contributed by atoms with Gasteiger partial charge in [-0.15, -0.1) is 24.0 Å². The number of aliphatic imine (C=N–C) groups is 1. The van der Waals surface area contributed by atoms with Crippen LogP contribution in [0, 0.1) is 5.92 Å². The van der Waals surface area contributed by atoms with Gasteiger partial charge in [-0.25, -0.2) is 0 Å². The summed E-state index contributed by atoms with van der Waals surface area (Å²) in [5.41, 5.74) is 0.924. The molecule has 1 fully saturated rings. The van der Waals surface area contributed by atoms with E-state index in [1.807, 2.05) is 25.1 Å². The highest BCUT2D eigenvalue weighted by Gasteiger charge is 2.27.